The van der Waals surface area contributed by atoms with E-state index in [-0.39, 0.29) is 5.91 Å². The highest BCUT2D eigenvalue weighted by atomic mass is 79.9. The van der Waals surface area contributed by atoms with Gasteiger partial charge in [-0.2, -0.15) is 0 Å². The fraction of sp³-hybridized carbons (Fsp3) is 0.643. The van der Waals surface area contributed by atoms with Gasteiger partial charge in [-0.3, -0.25) is 4.79 Å². The summed E-state index contributed by atoms with van der Waals surface area (Å²) in [5.41, 5.74) is 6.98. The van der Waals surface area contributed by atoms with Crippen LogP contribution in [0.3, 0.4) is 0 Å². The number of amides is 1. The highest BCUT2D eigenvalue weighted by Crippen LogP contribution is 2.31. The Hall–Kier alpha value is -0.390. The van der Waals surface area contributed by atoms with Crippen molar-refractivity contribution in [2.45, 2.75) is 38.6 Å². The van der Waals surface area contributed by atoms with E-state index < -0.39 is 0 Å². The molecule has 2 N–H and O–H groups in total. The Morgan fingerprint density at radius 2 is 2.21 bits per heavy atom. The van der Waals surface area contributed by atoms with Crippen LogP contribution in [0, 0.1) is 12.8 Å². The topological polar surface area (TPSA) is 46.3 Å². The zero-order chi connectivity index (χ0) is 14.0. The average Bonchev–Trinajstić information content (AvgIpc) is 2.77. The van der Waals surface area contributed by atoms with Crippen LogP contribution < -0.4 is 5.73 Å². The van der Waals surface area contributed by atoms with Gasteiger partial charge in [0.15, 0.2) is 0 Å². The zero-order valence-electron chi connectivity index (χ0n) is 11.5. The first-order chi connectivity index (χ1) is 9.04. The van der Waals surface area contributed by atoms with Gasteiger partial charge in [0.2, 0.25) is 0 Å². The molecule has 0 aliphatic heterocycles. The Morgan fingerprint density at radius 3 is 2.79 bits per heavy atom. The number of carbonyl (C=O) groups excluding carboxylic acids is 1. The Balaban J connectivity index is 2.13. The zero-order valence-corrected chi connectivity index (χ0v) is 13.9. The van der Waals surface area contributed by atoms with Gasteiger partial charge in [-0.05, 0) is 59.8 Å². The van der Waals surface area contributed by atoms with E-state index in [0.717, 1.165) is 27.1 Å². The Morgan fingerprint density at radius 1 is 1.53 bits per heavy atom. The first kappa shape index (κ1) is 15.0. The van der Waals surface area contributed by atoms with E-state index >= 15 is 0 Å². The number of nitrogens with zero attached hydrogens (tertiary/aromatic N) is 1. The van der Waals surface area contributed by atoms with Gasteiger partial charge in [0.1, 0.15) is 0 Å². The van der Waals surface area contributed by atoms with Crippen LogP contribution >= 0.6 is 27.3 Å². The number of thiophene rings is 1. The molecule has 2 atom stereocenters. The molecule has 0 bridgehead atoms. The summed E-state index contributed by atoms with van der Waals surface area (Å²) in [5.74, 6) is 0.580. The van der Waals surface area contributed by atoms with Crippen LogP contribution in [0.25, 0.3) is 0 Å². The highest BCUT2D eigenvalue weighted by molar-refractivity contribution is 9.11. The van der Waals surface area contributed by atoms with Crippen molar-refractivity contribution in [2.24, 2.45) is 11.7 Å². The summed E-state index contributed by atoms with van der Waals surface area (Å²) in [4.78, 5) is 15.3. The molecule has 0 saturated heterocycles. The lowest BCUT2D eigenvalue weighted by Crippen LogP contribution is -2.45. The van der Waals surface area contributed by atoms with E-state index in [1.165, 1.54) is 24.2 Å². The maximum absolute atomic E-state index is 12.5. The summed E-state index contributed by atoms with van der Waals surface area (Å²) in [6.45, 7) is 2.69. The standard InChI is InChI=1S/C14H21BrN2OS/c1-9-7-12(19-13(9)15)14(18)17(2)11-6-4-3-5-10(11)8-16/h7,10-11H,3-6,8,16H2,1-2H3. The van der Waals surface area contributed by atoms with E-state index in [2.05, 4.69) is 15.9 Å². The summed E-state index contributed by atoms with van der Waals surface area (Å²) in [6.07, 6.45) is 4.66. The van der Waals surface area contributed by atoms with Crippen molar-refractivity contribution < 1.29 is 4.79 Å². The van der Waals surface area contributed by atoms with Crippen molar-refractivity contribution in [3.63, 3.8) is 0 Å². The molecule has 2 rings (SSSR count). The molecule has 0 aromatic carbocycles. The number of aryl methyl sites for hydroxylation is 1. The Kier molecular flexibility index (Phi) is 5.03. The molecule has 1 saturated carbocycles. The summed E-state index contributed by atoms with van der Waals surface area (Å²) >= 11 is 5.00. The molecule has 0 spiro atoms. The lowest BCUT2D eigenvalue weighted by atomic mass is 9.83. The summed E-state index contributed by atoms with van der Waals surface area (Å²) in [7, 11) is 1.92. The predicted octanol–water partition coefficient (Wildman–Crippen LogP) is 3.41. The minimum absolute atomic E-state index is 0.129. The van der Waals surface area contributed by atoms with Crippen LogP contribution in [-0.2, 0) is 0 Å². The summed E-state index contributed by atoms with van der Waals surface area (Å²) in [6, 6.07) is 2.26. The minimum Gasteiger partial charge on any atom is -0.338 e. The number of nitrogens with two attached hydrogens (primary N) is 1. The van der Waals surface area contributed by atoms with E-state index in [4.69, 9.17) is 5.73 Å². The molecule has 1 aliphatic rings. The van der Waals surface area contributed by atoms with Crippen LogP contribution in [-0.4, -0.2) is 30.4 Å². The predicted molar refractivity (Wildman–Crippen MR) is 83.6 cm³/mol. The lowest BCUT2D eigenvalue weighted by molar-refractivity contribution is 0.0625. The van der Waals surface area contributed by atoms with Gasteiger partial charge >= 0.3 is 0 Å². The van der Waals surface area contributed by atoms with Gasteiger partial charge in [0.05, 0.1) is 8.66 Å². The van der Waals surface area contributed by atoms with Crippen molar-refractivity contribution in [3.8, 4) is 0 Å². The molecule has 1 aromatic rings. The molecule has 106 valence electrons. The molecule has 1 aromatic heterocycles. The van der Waals surface area contributed by atoms with Crippen molar-refractivity contribution in [1.82, 2.24) is 4.90 Å². The van der Waals surface area contributed by atoms with Crippen molar-refractivity contribution in [1.29, 1.82) is 0 Å². The second-order valence-electron chi connectivity index (χ2n) is 5.33. The van der Waals surface area contributed by atoms with Crippen LogP contribution in [0.2, 0.25) is 0 Å². The van der Waals surface area contributed by atoms with Crippen LogP contribution in [0.4, 0.5) is 0 Å². The molecule has 1 amide bonds. The smallest absolute Gasteiger partial charge is 0.263 e. The largest absolute Gasteiger partial charge is 0.338 e. The Labute approximate surface area is 127 Å². The maximum Gasteiger partial charge on any atom is 0.263 e. The number of halogens is 1. The second kappa shape index (κ2) is 6.37. The van der Waals surface area contributed by atoms with E-state index in [1.54, 1.807) is 0 Å². The third-order valence-corrected chi connectivity index (χ3v) is 6.18. The molecular weight excluding hydrogens is 324 g/mol. The number of hydrogen-bond acceptors (Lipinski definition) is 3. The lowest BCUT2D eigenvalue weighted by Gasteiger charge is -2.37. The molecule has 1 aliphatic carbocycles. The molecule has 1 heterocycles. The van der Waals surface area contributed by atoms with Gasteiger partial charge in [-0.15, -0.1) is 11.3 Å². The number of rotatable bonds is 3. The first-order valence-electron chi connectivity index (χ1n) is 6.77. The van der Waals surface area contributed by atoms with E-state index in [0.29, 0.717) is 18.5 Å². The van der Waals surface area contributed by atoms with Gasteiger partial charge in [0.25, 0.3) is 5.91 Å². The maximum atomic E-state index is 12.5. The molecule has 1 fully saturated rings. The third kappa shape index (κ3) is 3.20. The highest BCUT2D eigenvalue weighted by Gasteiger charge is 2.30. The van der Waals surface area contributed by atoms with Crippen molar-refractivity contribution >= 4 is 33.2 Å². The number of hydrogen-bond donors (Lipinski definition) is 1. The van der Waals surface area contributed by atoms with Gasteiger partial charge in [-0.1, -0.05) is 12.8 Å². The number of carbonyl (C=O) groups is 1. The third-order valence-electron chi connectivity index (χ3n) is 4.06. The van der Waals surface area contributed by atoms with E-state index in [9.17, 15) is 4.79 Å². The van der Waals surface area contributed by atoms with Gasteiger partial charge < -0.3 is 10.6 Å². The molecular formula is C14H21BrN2OS. The van der Waals surface area contributed by atoms with Gasteiger partial charge in [0, 0.05) is 13.1 Å². The first-order valence-corrected chi connectivity index (χ1v) is 8.38. The van der Waals surface area contributed by atoms with Crippen molar-refractivity contribution in [3.05, 3.63) is 20.3 Å². The fourth-order valence-corrected chi connectivity index (χ4v) is 4.38. The second-order valence-corrected chi connectivity index (χ2v) is 7.70. The van der Waals surface area contributed by atoms with Crippen molar-refractivity contribution in [2.75, 3.05) is 13.6 Å². The normalized spacial score (nSPS) is 23.4. The minimum atomic E-state index is 0.129. The molecule has 5 heteroatoms. The average molecular weight is 345 g/mol. The van der Waals surface area contributed by atoms with Crippen LogP contribution in [0.5, 0.6) is 0 Å². The van der Waals surface area contributed by atoms with E-state index in [1.807, 2.05) is 24.9 Å². The van der Waals surface area contributed by atoms with Crippen LogP contribution in [0.1, 0.15) is 40.9 Å². The molecule has 3 nitrogen and oxygen atoms in total. The van der Waals surface area contributed by atoms with Crippen LogP contribution in [0.15, 0.2) is 9.85 Å². The molecule has 2 unspecified atom stereocenters. The SMILES string of the molecule is Cc1cc(C(=O)N(C)C2CCCCC2CN)sc1Br. The fourth-order valence-electron chi connectivity index (χ4n) is 2.86. The monoisotopic (exact) mass is 344 g/mol. The van der Waals surface area contributed by atoms with Gasteiger partial charge in [-0.25, -0.2) is 0 Å². The molecule has 19 heavy (non-hydrogen) atoms. The summed E-state index contributed by atoms with van der Waals surface area (Å²) in [5, 5.41) is 0. The Bertz CT molecular complexity index is 441. The quantitative estimate of drug-likeness (QED) is 0.913. The summed E-state index contributed by atoms with van der Waals surface area (Å²) < 4.78 is 1.04. The molecule has 0 radical (unpaired) electrons.